The molecule has 0 spiro atoms. The molecule has 0 unspecified atom stereocenters. The zero-order chi connectivity index (χ0) is 13.0. The van der Waals surface area contributed by atoms with Crippen LogP contribution in [0.15, 0.2) is 24.3 Å². The van der Waals surface area contributed by atoms with Gasteiger partial charge in [-0.15, -0.1) is 0 Å². The van der Waals surface area contributed by atoms with Crippen molar-refractivity contribution in [2.75, 3.05) is 0 Å². The first kappa shape index (κ1) is 13.0. The van der Waals surface area contributed by atoms with Gasteiger partial charge in [-0.1, -0.05) is 12.1 Å². The Hall–Kier alpha value is -1.42. The predicted molar refractivity (Wildman–Crippen MR) is 68.5 cm³/mol. The van der Waals surface area contributed by atoms with Crippen LogP contribution < -0.4 is 11.1 Å². The second-order valence-corrected chi connectivity index (χ2v) is 4.99. The summed E-state index contributed by atoms with van der Waals surface area (Å²) in [6, 6.07) is 6.67. The molecule has 0 heterocycles. The van der Waals surface area contributed by atoms with Crippen molar-refractivity contribution in [2.24, 2.45) is 5.73 Å². The molecule has 18 heavy (non-hydrogen) atoms. The van der Waals surface area contributed by atoms with Crippen LogP contribution in [0.5, 0.6) is 0 Å². The minimum atomic E-state index is -0.302. The number of nitrogens with two attached hydrogens (primary N) is 1. The molecule has 0 saturated heterocycles. The molecule has 1 fully saturated rings. The lowest BCUT2D eigenvalue weighted by molar-refractivity contribution is -0.121. The molecule has 0 aliphatic heterocycles. The molecule has 0 radical (unpaired) electrons. The number of nitrogens with one attached hydrogen (secondary N) is 1. The van der Waals surface area contributed by atoms with Crippen LogP contribution in [-0.4, -0.2) is 18.0 Å². The molecule has 98 valence electrons. The third-order valence-corrected chi connectivity index (χ3v) is 3.39. The van der Waals surface area contributed by atoms with Crippen LogP contribution in [0.2, 0.25) is 0 Å². The van der Waals surface area contributed by atoms with Gasteiger partial charge in [-0.25, -0.2) is 4.39 Å². The minimum Gasteiger partial charge on any atom is -0.353 e. The lowest BCUT2D eigenvalue weighted by Crippen LogP contribution is -2.41. The molecule has 0 aromatic heterocycles. The molecule has 1 aromatic rings. The van der Waals surface area contributed by atoms with Crippen LogP contribution in [0.1, 0.15) is 31.2 Å². The largest absolute Gasteiger partial charge is 0.353 e. The van der Waals surface area contributed by atoms with Crippen LogP contribution in [-0.2, 0) is 11.2 Å². The molecular formula is C14H19FN2O. The monoisotopic (exact) mass is 250 g/mol. The highest BCUT2D eigenvalue weighted by molar-refractivity contribution is 5.78. The summed E-state index contributed by atoms with van der Waals surface area (Å²) < 4.78 is 13.0. The van der Waals surface area contributed by atoms with Crippen LogP contribution in [0, 0.1) is 5.82 Å². The summed E-state index contributed by atoms with van der Waals surface area (Å²) in [5, 5.41) is 2.99. The average Bonchev–Trinajstić information content (AvgIpc) is 2.32. The highest BCUT2D eigenvalue weighted by Crippen LogP contribution is 2.17. The van der Waals surface area contributed by atoms with E-state index in [9.17, 15) is 9.18 Å². The van der Waals surface area contributed by atoms with Gasteiger partial charge in [0.25, 0.3) is 0 Å². The van der Waals surface area contributed by atoms with Gasteiger partial charge in [0.2, 0.25) is 5.91 Å². The number of rotatable bonds is 3. The van der Waals surface area contributed by atoms with Crippen molar-refractivity contribution in [1.82, 2.24) is 5.32 Å². The quantitative estimate of drug-likeness (QED) is 0.858. The first-order valence-electron chi connectivity index (χ1n) is 6.43. The Morgan fingerprint density at radius 3 is 2.72 bits per heavy atom. The molecule has 0 bridgehead atoms. The van der Waals surface area contributed by atoms with E-state index in [2.05, 4.69) is 5.32 Å². The Kier molecular flexibility index (Phi) is 4.31. The van der Waals surface area contributed by atoms with Gasteiger partial charge in [0, 0.05) is 12.1 Å². The van der Waals surface area contributed by atoms with E-state index in [1.54, 1.807) is 12.1 Å². The van der Waals surface area contributed by atoms with E-state index in [0.717, 1.165) is 25.7 Å². The van der Waals surface area contributed by atoms with Crippen LogP contribution in [0.25, 0.3) is 0 Å². The Morgan fingerprint density at radius 2 is 2.06 bits per heavy atom. The van der Waals surface area contributed by atoms with Crippen molar-refractivity contribution < 1.29 is 9.18 Å². The molecule has 2 rings (SSSR count). The van der Waals surface area contributed by atoms with E-state index in [4.69, 9.17) is 5.73 Å². The van der Waals surface area contributed by atoms with Gasteiger partial charge in [0.15, 0.2) is 0 Å². The van der Waals surface area contributed by atoms with Crippen LogP contribution >= 0.6 is 0 Å². The maximum Gasteiger partial charge on any atom is 0.224 e. The summed E-state index contributed by atoms with van der Waals surface area (Å²) >= 11 is 0. The normalized spacial score (nSPS) is 23.7. The Balaban J connectivity index is 1.82. The minimum absolute atomic E-state index is 0.0407. The fourth-order valence-electron chi connectivity index (χ4n) is 2.37. The third kappa shape index (κ3) is 3.81. The summed E-state index contributed by atoms with van der Waals surface area (Å²) in [7, 11) is 0. The first-order chi connectivity index (χ1) is 8.63. The van der Waals surface area contributed by atoms with Gasteiger partial charge in [0.1, 0.15) is 5.82 Å². The summed E-state index contributed by atoms with van der Waals surface area (Å²) in [5.74, 6) is -0.343. The van der Waals surface area contributed by atoms with E-state index >= 15 is 0 Å². The fraction of sp³-hybridized carbons (Fsp3) is 0.500. The third-order valence-electron chi connectivity index (χ3n) is 3.39. The maximum absolute atomic E-state index is 13.0. The number of halogens is 1. The zero-order valence-corrected chi connectivity index (χ0v) is 10.4. The summed E-state index contributed by atoms with van der Waals surface area (Å²) in [6.45, 7) is 0. The molecule has 1 aliphatic carbocycles. The first-order valence-corrected chi connectivity index (χ1v) is 6.43. The number of carbonyl (C=O) groups excluding carboxylic acids is 1. The number of hydrogen-bond donors (Lipinski definition) is 2. The van der Waals surface area contributed by atoms with Gasteiger partial charge in [-0.3, -0.25) is 4.79 Å². The molecular weight excluding hydrogens is 231 g/mol. The molecule has 1 amide bonds. The maximum atomic E-state index is 13.0. The van der Waals surface area contributed by atoms with Crippen molar-refractivity contribution in [1.29, 1.82) is 0 Å². The zero-order valence-electron chi connectivity index (χ0n) is 10.4. The van der Waals surface area contributed by atoms with Gasteiger partial charge >= 0.3 is 0 Å². The molecule has 4 heteroatoms. The smallest absolute Gasteiger partial charge is 0.224 e. The SMILES string of the molecule is NC1CCC(NC(=O)Cc2cccc(F)c2)CC1. The second-order valence-electron chi connectivity index (χ2n) is 4.99. The number of carbonyl (C=O) groups is 1. The van der Waals surface area contributed by atoms with Crippen LogP contribution in [0.4, 0.5) is 4.39 Å². The highest BCUT2D eigenvalue weighted by atomic mass is 19.1. The fourth-order valence-corrected chi connectivity index (χ4v) is 2.37. The standard InChI is InChI=1S/C14H19FN2O/c15-11-3-1-2-10(8-11)9-14(18)17-13-6-4-12(16)5-7-13/h1-3,8,12-13H,4-7,9,16H2,(H,17,18). The Morgan fingerprint density at radius 1 is 1.33 bits per heavy atom. The Bertz CT molecular complexity index is 414. The van der Waals surface area contributed by atoms with E-state index in [1.807, 2.05) is 0 Å². The molecule has 1 aromatic carbocycles. The highest BCUT2D eigenvalue weighted by Gasteiger charge is 2.19. The van der Waals surface area contributed by atoms with E-state index < -0.39 is 0 Å². The van der Waals surface area contributed by atoms with Crippen molar-refractivity contribution in [2.45, 2.75) is 44.2 Å². The number of benzene rings is 1. The molecule has 1 saturated carbocycles. The Labute approximate surface area is 107 Å². The summed E-state index contributed by atoms with van der Waals surface area (Å²) in [4.78, 5) is 11.8. The van der Waals surface area contributed by atoms with E-state index in [0.29, 0.717) is 5.56 Å². The van der Waals surface area contributed by atoms with E-state index in [-0.39, 0.29) is 30.2 Å². The average molecular weight is 250 g/mol. The van der Waals surface area contributed by atoms with Crippen molar-refractivity contribution >= 4 is 5.91 Å². The van der Waals surface area contributed by atoms with Crippen molar-refractivity contribution in [3.63, 3.8) is 0 Å². The van der Waals surface area contributed by atoms with Gasteiger partial charge in [-0.2, -0.15) is 0 Å². The molecule has 0 atom stereocenters. The molecule has 1 aliphatic rings. The second kappa shape index (κ2) is 5.96. The number of amides is 1. The molecule has 3 N–H and O–H groups in total. The van der Waals surface area contributed by atoms with Crippen LogP contribution in [0.3, 0.4) is 0 Å². The van der Waals surface area contributed by atoms with Crippen molar-refractivity contribution in [3.8, 4) is 0 Å². The predicted octanol–water partition coefficient (Wildman–Crippen LogP) is 1.75. The molecule has 3 nitrogen and oxygen atoms in total. The summed E-state index contributed by atoms with van der Waals surface area (Å²) in [6.07, 6.45) is 4.04. The van der Waals surface area contributed by atoms with Gasteiger partial charge in [-0.05, 0) is 43.4 Å². The van der Waals surface area contributed by atoms with Gasteiger partial charge < -0.3 is 11.1 Å². The van der Waals surface area contributed by atoms with Gasteiger partial charge in [0.05, 0.1) is 6.42 Å². The van der Waals surface area contributed by atoms with E-state index in [1.165, 1.54) is 12.1 Å². The lowest BCUT2D eigenvalue weighted by Gasteiger charge is -2.26. The summed E-state index contributed by atoms with van der Waals surface area (Å²) in [5.41, 5.74) is 6.52. The topological polar surface area (TPSA) is 55.1 Å². The van der Waals surface area contributed by atoms with Crippen molar-refractivity contribution in [3.05, 3.63) is 35.6 Å². The number of hydrogen-bond acceptors (Lipinski definition) is 2. The lowest BCUT2D eigenvalue weighted by atomic mass is 9.91.